The highest BCUT2D eigenvalue weighted by Gasteiger charge is 2.25. The maximum absolute atomic E-state index is 12.9. The molecule has 3 aromatic rings. The molecule has 1 fully saturated rings. The maximum atomic E-state index is 12.9. The minimum Gasteiger partial charge on any atom is -0.337 e. The summed E-state index contributed by atoms with van der Waals surface area (Å²) in [6, 6.07) is 9.51. The number of nitrogens with zero attached hydrogens (tertiary/aromatic N) is 7. The third-order valence-electron chi connectivity index (χ3n) is 4.29. The van der Waals surface area contributed by atoms with E-state index in [1.807, 2.05) is 46.1 Å². The quantitative estimate of drug-likeness (QED) is 0.726. The summed E-state index contributed by atoms with van der Waals surface area (Å²) in [5, 5.41) is 15.4. The number of carbonyl (C=O) groups excluding carboxylic acids is 1. The summed E-state index contributed by atoms with van der Waals surface area (Å²) in [6.45, 7) is 1.45. The van der Waals surface area contributed by atoms with Crippen molar-refractivity contribution < 1.29 is 4.79 Å². The van der Waals surface area contributed by atoms with Gasteiger partial charge in [0.05, 0.1) is 11.7 Å². The highest BCUT2D eigenvalue weighted by atomic mass is 16.2. The molecular weight excluding hydrogens is 306 g/mol. The van der Waals surface area contributed by atoms with Crippen molar-refractivity contribution in [2.24, 2.45) is 0 Å². The molecule has 1 aromatic carbocycles. The molecule has 0 saturated carbocycles. The lowest BCUT2D eigenvalue weighted by molar-refractivity contribution is 0.0673. The molecule has 2 aromatic heterocycles. The van der Waals surface area contributed by atoms with Crippen molar-refractivity contribution in [2.75, 3.05) is 13.1 Å². The smallest absolute Gasteiger partial charge is 0.254 e. The van der Waals surface area contributed by atoms with Gasteiger partial charge < -0.3 is 4.90 Å². The molecule has 24 heavy (non-hydrogen) atoms. The van der Waals surface area contributed by atoms with Crippen molar-refractivity contribution in [3.05, 3.63) is 54.6 Å². The number of hydrogen-bond donors (Lipinski definition) is 0. The second-order valence-corrected chi connectivity index (χ2v) is 5.84. The molecule has 3 heterocycles. The number of amides is 1. The highest BCUT2D eigenvalue weighted by molar-refractivity contribution is 5.94. The first-order valence-electron chi connectivity index (χ1n) is 7.93. The average Bonchev–Trinajstić information content (AvgIpc) is 3.35. The number of tetrazole rings is 1. The van der Waals surface area contributed by atoms with Crippen molar-refractivity contribution in [3.8, 4) is 5.69 Å². The summed E-state index contributed by atoms with van der Waals surface area (Å²) in [5.74, 6) is 0.0294. The minimum atomic E-state index is 0.0294. The molecule has 0 bridgehead atoms. The number of aromatic nitrogens is 6. The summed E-state index contributed by atoms with van der Waals surface area (Å²) in [4.78, 5) is 14.8. The van der Waals surface area contributed by atoms with Gasteiger partial charge in [-0.25, -0.2) is 4.68 Å². The van der Waals surface area contributed by atoms with E-state index < -0.39 is 0 Å². The summed E-state index contributed by atoms with van der Waals surface area (Å²) < 4.78 is 3.48. The zero-order valence-corrected chi connectivity index (χ0v) is 13.1. The standard InChI is InChI=1S/C16H17N7O/c24-16(13-4-1-5-14(10-13)23-12-17-19-20-23)21-8-2-6-15(11-21)22-9-3-7-18-22/h1,3-5,7,9-10,12,15H,2,6,8,11H2/t15-/m0/s1. The Bertz CT molecular complexity index is 813. The van der Waals surface area contributed by atoms with Gasteiger partial charge in [0.2, 0.25) is 0 Å². The van der Waals surface area contributed by atoms with E-state index in [-0.39, 0.29) is 11.9 Å². The van der Waals surface area contributed by atoms with Crippen molar-refractivity contribution in [1.82, 2.24) is 34.9 Å². The van der Waals surface area contributed by atoms with Crippen LogP contribution in [0, 0.1) is 0 Å². The monoisotopic (exact) mass is 323 g/mol. The number of piperidine rings is 1. The van der Waals surface area contributed by atoms with Gasteiger partial charge in [0, 0.05) is 31.0 Å². The summed E-state index contributed by atoms with van der Waals surface area (Å²) >= 11 is 0. The lowest BCUT2D eigenvalue weighted by atomic mass is 10.0. The third-order valence-corrected chi connectivity index (χ3v) is 4.29. The fourth-order valence-electron chi connectivity index (χ4n) is 3.10. The topological polar surface area (TPSA) is 81.7 Å². The molecule has 1 saturated heterocycles. The van der Waals surface area contributed by atoms with Crippen LogP contribution >= 0.6 is 0 Å². The van der Waals surface area contributed by atoms with E-state index in [9.17, 15) is 4.79 Å². The van der Waals surface area contributed by atoms with Gasteiger partial charge >= 0.3 is 0 Å². The molecule has 1 atom stereocenters. The van der Waals surface area contributed by atoms with Gasteiger partial charge in [-0.15, -0.1) is 5.10 Å². The number of rotatable bonds is 3. The zero-order chi connectivity index (χ0) is 16.4. The van der Waals surface area contributed by atoms with E-state index in [2.05, 4.69) is 20.6 Å². The second-order valence-electron chi connectivity index (χ2n) is 5.84. The van der Waals surface area contributed by atoms with Crippen LogP contribution in [0.3, 0.4) is 0 Å². The molecule has 0 spiro atoms. The van der Waals surface area contributed by atoms with E-state index in [0.29, 0.717) is 12.1 Å². The molecule has 1 aliphatic heterocycles. The van der Waals surface area contributed by atoms with Gasteiger partial charge in [-0.05, 0) is 47.5 Å². The predicted octanol–water partition coefficient (Wildman–Crippen LogP) is 1.34. The first kappa shape index (κ1) is 14.6. The van der Waals surface area contributed by atoms with Gasteiger partial charge in [0.25, 0.3) is 5.91 Å². The van der Waals surface area contributed by atoms with Gasteiger partial charge in [-0.2, -0.15) is 5.10 Å². The van der Waals surface area contributed by atoms with Crippen LogP contribution in [-0.2, 0) is 0 Å². The molecule has 4 rings (SSSR count). The number of benzene rings is 1. The Hall–Kier alpha value is -3.03. The lowest BCUT2D eigenvalue weighted by Crippen LogP contribution is -2.40. The third kappa shape index (κ3) is 2.78. The average molecular weight is 323 g/mol. The summed E-state index contributed by atoms with van der Waals surface area (Å²) in [5.41, 5.74) is 1.41. The van der Waals surface area contributed by atoms with E-state index in [0.717, 1.165) is 25.1 Å². The molecule has 1 aliphatic rings. The van der Waals surface area contributed by atoms with Gasteiger partial charge in [-0.3, -0.25) is 9.48 Å². The van der Waals surface area contributed by atoms with Crippen LogP contribution < -0.4 is 0 Å². The van der Waals surface area contributed by atoms with Crippen molar-refractivity contribution in [2.45, 2.75) is 18.9 Å². The zero-order valence-electron chi connectivity index (χ0n) is 13.1. The normalized spacial score (nSPS) is 17.8. The number of hydrogen-bond acceptors (Lipinski definition) is 5. The SMILES string of the molecule is O=C(c1cccc(-n2cnnn2)c1)N1CCC[C@H](n2cccn2)C1. The number of carbonyl (C=O) groups is 1. The molecule has 0 radical (unpaired) electrons. The first-order chi connectivity index (χ1) is 11.8. The minimum absolute atomic E-state index is 0.0294. The maximum Gasteiger partial charge on any atom is 0.254 e. The summed E-state index contributed by atoms with van der Waals surface area (Å²) in [6.07, 6.45) is 7.25. The Kier molecular flexibility index (Phi) is 3.78. The lowest BCUT2D eigenvalue weighted by Gasteiger charge is -2.33. The van der Waals surface area contributed by atoms with Crippen molar-refractivity contribution >= 4 is 5.91 Å². The largest absolute Gasteiger partial charge is 0.337 e. The van der Waals surface area contributed by atoms with Crippen molar-refractivity contribution in [1.29, 1.82) is 0 Å². The van der Waals surface area contributed by atoms with Crippen LogP contribution in [0.4, 0.5) is 0 Å². The van der Waals surface area contributed by atoms with E-state index in [1.165, 1.54) is 6.33 Å². The Morgan fingerprint density at radius 2 is 2.21 bits per heavy atom. The molecule has 0 unspecified atom stereocenters. The van der Waals surface area contributed by atoms with Crippen LogP contribution in [0.15, 0.2) is 49.1 Å². The van der Waals surface area contributed by atoms with Crippen LogP contribution in [0.2, 0.25) is 0 Å². The predicted molar refractivity (Wildman–Crippen MR) is 85.6 cm³/mol. The Labute approximate surface area is 138 Å². The molecule has 0 N–H and O–H groups in total. The van der Waals surface area contributed by atoms with Crippen molar-refractivity contribution in [3.63, 3.8) is 0 Å². The van der Waals surface area contributed by atoms with Gasteiger partial charge in [0.15, 0.2) is 0 Å². The Morgan fingerprint density at radius 1 is 1.25 bits per heavy atom. The van der Waals surface area contributed by atoms with Crippen LogP contribution in [0.1, 0.15) is 29.2 Å². The Morgan fingerprint density at radius 3 is 3.00 bits per heavy atom. The fraction of sp³-hybridized carbons (Fsp3) is 0.312. The molecule has 1 amide bonds. The molecule has 0 aliphatic carbocycles. The van der Waals surface area contributed by atoms with Gasteiger partial charge in [0.1, 0.15) is 6.33 Å². The fourth-order valence-corrected chi connectivity index (χ4v) is 3.10. The molecule has 8 nitrogen and oxygen atoms in total. The van der Waals surface area contributed by atoms with Gasteiger partial charge in [-0.1, -0.05) is 6.07 Å². The summed E-state index contributed by atoms with van der Waals surface area (Å²) in [7, 11) is 0. The van der Waals surface area contributed by atoms with E-state index in [1.54, 1.807) is 10.9 Å². The molecular formula is C16H17N7O. The molecule has 122 valence electrons. The van der Waals surface area contributed by atoms with Crippen LogP contribution in [0.5, 0.6) is 0 Å². The second kappa shape index (κ2) is 6.23. The van der Waals surface area contributed by atoms with Crippen LogP contribution in [0.25, 0.3) is 5.69 Å². The van der Waals surface area contributed by atoms with E-state index >= 15 is 0 Å². The van der Waals surface area contributed by atoms with Crippen LogP contribution in [-0.4, -0.2) is 53.9 Å². The first-order valence-corrected chi connectivity index (χ1v) is 7.93. The molecule has 8 heteroatoms. The highest BCUT2D eigenvalue weighted by Crippen LogP contribution is 2.22. The number of likely N-dealkylation sites (tertiary alicyclic amines) is 1. The Balaban J connectivity index is 1.54. The van der Waals surface area contributed by atoms with E-state index in [4.69, 9.17) is 0 Å².